The van der Waals surface area contributed by atoms with Crippen molar-refractivity contribution in [1.29, 1.82) is 0 Å². The first-order valence-corrected chi connectivity index (χ1v) is 20.9. The van der Waals surface area contributed by atoms with E-state index < -0.39 is 0 Å². The highest BCUT2D eigenvalue weighted by Gasteiger charge is 2.26. The van der Waals surface area contributed by atoms with Gasteiger partial charge in [-0.1, -0.05) is 76.2 Å². The number of anilines is 2. The highest BCUT2D eigenvalue weighted by Crippen LogP contribution is 2.48. The first-order chi connectivity index (χ1) is 27.8. The largest absolute Gasteiger partial charge is 0.456 e. The van der Waals surface area contributed by atoms with Gasteiger partial charge < -0.3 is 23.1 Å². The van der Waals surface area contributed by atoms with Crippen LogP contribution in [0, 0.1) is 23.7 Å². The second-order valence-corrected chi connectivity index (χ2v) is 17.9. The molecule has 0 spiro atoms. The van der Waals surface area contributed by atoms with Crippen LogP contribution in [-0.2, 0) is 0 Å². The Morgan fingerprint density at radius 3 is 1.61 bits per heavy atom. The Kier molecular flexibility index (Phi) is 7.16. The van der Waals surface area contributed by atoms with Crippen LogP contribution in [0.4, 0.5) is 11.4 Å². The molecule has 2 fully saturated rings. The summed E-state index contributed by atoms with van der Waals surface area (Å²) in [6.07, 6.45) is 2.58. The molecule has 2 aliphatic heterocycles. The van der Waals surface area contributed by atoms with Crippen LogP contribution < -0.4 is 9.80 Å². The second-order valence-electron chi connectivity index (χ2n) is 17.9. The molecule has 5 nitrogen and oxygen atoms in total. The summed E-state index contributed by atoms with van der Waals surface area (Å²) in [4.78, 5) is 5.13. The molecule has 5 heterocycles. The van der Waals surface area contributed by atoms with Crippen molar-refractivity contribution in [2.75, 3.05) is 36.0 Å². The Hall–Kier alpha value is -5.94. The number of hydrogen-bond donors (Lipinski definition) is 0. The highest BCUT2D eigenvalue weighted by atomic mass is 16.3. The summed E-state index contributed by atoms with van der Waals surface area (Å²) >= 11 is 0. The fraction of sp³-hybridized carbons (Fsp3) is 0.269. The summed E-state index contributed by atoms with van der Waals surface area (Å²) < 4.78 is 20.7. The molecule has 3 aromatic heterocycles. The molecule has 282 valence electrons. The zero-order valence-electron chi connectivity index (χ0n) is 33.1. The monoisotopic (exact) mass is 746 g/mol. The van der Waals surface area contributed by atoms with E-state index in [2.05, 4.69) is 135 Å². The molecule has 2 aliphatic rings. The fourth-order valence-electron chi connectivity index (χ4n) is 11.0. The van der Waals surface area contributed by atoms with Gasteiger partial charge in [-0.15, -0.1) is 0 Å². The van der Waals surface area contributed by atoms with Crippen molar-refractivity contribution in [3.8, 4) is 11.1 Å². The third kappa shape index (κ3) is 5.20. The van der Waals surface area contributed by atoms with E-state index in [9.17, 15) is 0 Å². The lowest BCUT2D eigenvalue weighted by atomic mass is 9.91. The smallest absolute Gasteiger partial charge is 0.144 e. The van der Waals surface area contributed by atoms with Crippen LogP contribution in [0.2, 0.25) is 0 Å². The number of fused-ring (bicyclic) bond motifs is 12. The number of hydrogen-bond acceptors (Lipinski definition) is 5. The summed E-state index contributed by atoms with van der Waals surface area (Å²) in [5.74, 6) is 2.75. The summed E-state index contributed by atoms with van der Waals surface area (Å²) in [6, 6.07) is 40.0. The van der Waals surface area contributed by atoms with Gasteiger partial charge in [0.05, 0.1) is 0 Å². The third-order valence-electron chi connectivity index (χ3n) is 13.2. The van der Waals surface area contributed by atoms with E-state index in [4.69, 9.17) is 13.3 Å². The summed E-state index contributed by atoms with van der Waals surface area (Å²) in [6.45, 7) is 13.9. The molecule has 0 aliphatic carbocycles. The summed E-state index contributed by atoms with van der Waals surface area (Å²) in [5.41, 5.74) is 9.75. The SMILES string of the molecule is CC1CC(C)CN(c2ccc3cc4c(cc3c2)oc2cc(-c3cccc5c3oc3ccccc35)c3oc5cc6cc(N7CC(C)CC(C)C7)ccc6cc5c3c24)C1. The maximum Gasteiger partial charge on any atom is 0.144 e. The molecule has 57 heavy (non-hydrogen) atoms. The van der Waals surface area contributed by atoms with Gasteiger partial charge in [-0.25, -0.2) is 0 Å². The van der Waals surface area contributed by atoms with Gasteiger partial charge in [0.2, 0.25) is 0 Å². The van der Waals surface area contributed by atoms with Crippen molar-refractivity contribution < 1.29 is 13.3 Å². The van der Waals surface area contributed by atoms with E-state index >= 15 is 0 Å². The topological polar surface area (TPSA) is 45.9 Å². The predicted molar refractivity (Wildman–Crippen MR) is 239 cm³/mol. The van der Waals surface area contributed by atoms with Gasteiger partial charge in [0.25, 0.3) is 0 Å². The van der Waals surface area contributed by atoms with E-state index in [0.29, 0.717) is 23.7 Å². The Morgan fingerprint density at radius 1 is 0.404 bits per heavy atom. The molecule has 4 unspecified atom stereocenters. The number of furan rings is 3. The van der Waals surface area contributed by atoms with Crippen LogP contribution >= 0.6 is 0 Å². The van der Waals surface area contributed by atoms with Crippen LogP contribution in [0.25, 0.3) is 98.5 Å². The molecule has 5 heteroatoms. The Morgan fingerprint density at radius 2 is 0.965 bits per heavy atom. The zero-order chi connectivity index (χ0) is 38.1. The van der Waals surface area contributed by atoms with E-state index in [1.165, 1.54) is 45.8 Å². The number of para-hydroxylation sites is 2. The van der Waals surface area contributed by atoms with Gasteiger partial charge in [0.1, 0.15) is 33.5 Å². The maximum absolute atomic E-state index is 7.10. The van der Waals surface area contributed by atoms with E-state index in [-0.39, 0.29) is 0 Å². The van der Waals surface area contributed by atoms with E-state index in [1.54, 1.807) is 0 Å². The molecular weight excluding hydrogens is 701 g/mol. The van der Waals surface area contributed by atoms with Crippen molar-refractivity contribution in [2.45, 2.75) is 40.5 Å². The fourth-order valence-corrected chi connectivity index (χ4v) is 11.0. The van der Waals surface area contributed by atoms with Gasteiger partial charge in [-0.05, 0) is 119 Å². The van der Waals surface area contributed by atoms with Gasteiger partial charge in [-0.2, -0.15) is 0 Å². The molecule has 0 radical (unpaired) electrons. The van der Waals surface area contributed by atoms with E-state index in [0.717, 1.165) is 103 Å². The van der Waals surface area contributed by atoms with Crippen molar-refractivity contribution in [2.24, 2.45) is 23.7 Å². The average Bonchev–Trinajstić information content (AvgIpc) is 3.88. The Labute approximate surface area is 331 Å². The number of rotatable bonds is 3. The molecule has 12 rings (SSSR count). The van der Waals surface area contributed by atoms with Crippen molar-refractivity contribution >= 4 is 98.7 Å². The van der Waals surface area contributed by atoms with Crippen LogP contribution in [0.15, 0.2) is 122 Å². The average molecular weight is 747 g/mol. The minimum absolute atomic E-state index is 0.686. The molecule has 0 saturated carbocycles. The molecule has 0 bridgehead atoms. The Balaban J connectivity index is 1.11. The van der Waals surface area contributed by atoms with Crippen LogP contribution in [0.1, 0.15) is 40.5 Å². The van der Waals surface area contributed by atoms with Gasteiger partial charge in [-0.3, -0.25) is 0 Å². The van der Waals surface area contributed by atoms with Gasteiger partial charge in [0, 0.05) is 81.0 Å². The van der Waals surface area contributed by atoms with Gasteiger partial charge in [0.15, 0.2) is 0 Å². The lowest BCUT2D eigenvalue weighted by molar-refractivity contribution is 0.357. The first kappa shape index (κ1) is 33.2. The first-order valence-electron chi connectivity index (χ1n) is 20.9. The van der Waals surface area contributed by atoms with Crippen molar-refractivity contribution in [3.05, 3.63) is 109 Å². The van der Waals surface area contributed by atoms with Crippen LogP contribution in [0.3, 0.4) is 0 Å². The minimum atomic E-state index is 0.686. The minimum Gasteiger partial charge on any atom is -0.456 e. The molecule has 0 N–H and O–H groups in total. The number of piperidine rings is 2. The van der Waals surface area contributed by atoms with E-state index in [1.807, 2.05) is 12.1 Å². The molecule has 2 saturated heterocycles. The quantitative estimate of drug-likeness (QED) is 0.180. The standard InChI is InChI=1S/C52H46N2O3/c1-29-16-30(2)26-53(25-29)37-14-12-33-20-43-46(22-35(33)18-37)55-48-24-42(41-10-7-9-40-39-8-5-6-11-45(39)56-51(40)41)52-50(49(43)48)44-21-34-13-15-38(19-36(34)23-47(44)57-52)54-27-31(3)17-32(4)28-54/h5-15,18-24,29-32H,16-17,25-28H2,1-4H3. The summed E-state index contributed by atoms with van der Waals surface area (Å²) in [7, 11) is 0. The maximum atomic E-state index is 7.10. The van der Waals surface area contributed by atoms with Gasteiger partial charge >= 0.3 is 0 Å². The third-order valence-corrected chi connectivity index (χ3v) is 13.2. The van der Waals surface area contributed by atoms with Crippen LogP contribution in [0.5, 0.6) is 0 Å². The summed E-state index contributed by atoms with van der Waals surface area (Å²) in [5, 5.41) is 11.4. The predicted octanol–water partition coefficient (Wildman–Crippen LogP) is 14.3. The normalized spacial score (nSPS) is 20.8. The molecule has 4 atom stereocenters. The lowest BCUT2D eigenvalue weighted by Gasteiger charge is -2.36. The molecule has 7 aromatic carbocycles. The molecule has 0 amide bonds. The lowest BCUT2D eigenvalue weighted by Crippen LogP contribution is -2.38. The highest BCUT2D eigenvalue weighted by molar-refractivity contribution is 6.30. The number of nitrogens with zero attached hydrogens (tertiary/aromatic N) is 2. The zero-order valence-corrected chi connectivity index (χ0v) is 33.1. The van der Waals surface area contributed by atoms with Crippen LogP contribution in [-0.4, -0.2) is 26.2 Å². The number of benzene rings is 7. The van der Waals surface area contributed by atoms with Crippen molar-refractivity contribution in [3.63, 3.8) is 0 Å². The second kappa shape index (κ2) is 12.3. The Bertz CT molecular complexity index is 3230. The molecule has 10 aromatic rings. The van der Waals surface area contributed by atoms with Crippen molar-refractivity contribution in [1.82, 2.24) is 0 Å². The molecular formula is C52H46N2O3.